The van der Waals surface area contributed by atoms with Gasteiger partial charge in [-0.25, -0.2) is 0 Å². The number of nitrogens with one attached hydrogen (secondary N) is 1. The Morgan fingerprint density at radius 1 is 1.33 bits per heavy atom. The third-order valence-electron chi connectivity index (χ3n) is 4.87. The Morgan fingerprint density at radius 2 is 2.13 bits per heavy atom. The zero-order valence-corrected chi connectivity index (χ0v) is 19.3. The van der Waals surface area contributed by atoms with Gasteiger partial charge in [0.2, 0.25) is 11.8 Å². The van der Waals surface area contributed by atoms with Crippen LogP contribution < -0.4 is 5.32 Å². The first-order valence-corrected chi connectivity index (χ1v) is 12.4. The van der Waals surface area contributed by atoms with Crippen molar-refractivity contribution in [3.05, 3.63) is 50.6 Å². The van der Waals surface area contributed by atoms with Gasteiger partial charge in [-0.05, 0) is 29.6 Å². The quantitative estimate of drug-likeness (QED) is 0.586. The fraction of sp³-hybridized carbons (Fsp3) is 0.316. The minimum Gasteiger partial charge on any atom is -0.480 e. The SMILES string of the molecule is O=C(Cc1cccs1)N[C@@H]1C(=O)N2CC(Sc3cc(Cl)ccc3Cl)(C(=O)O)CS[C@H]12. The maximum absolute atomic E-state index is 12.7. The minimum atomic E-state index is -1.25. The van der Waals surface area contributed by atoms with Crippen molar-refractivity contribution in [2.75, 3.05) is 12.3 Å². The van der Waals surface area contributed by atoms with E-state index in [0.717, 1.165) is 16.6 Å². The molecule has 1 aromatic carbocycles. The fourth-order valence-electron chi connectivity index (χ4n) is 3.35. The van der Waals surface area contributed by atoms with Gasteiger partial charge in [-0.3, -0.25) is 14.4 Å². The summed E-state index contributed by atoms with van der Waals surface area (Å²) in [5, 5.41) is 15.2. The summed E-state index contributed by atoms with van der Waals surface area (Å²) in [6, 6.07) is 7.99. The van der Waals surface area contributed by atoms with Crippen LogP contribution in [-0.4, -0.2) is 56.3 Å². The van der Waals surface area contributed by atoms with Gasteiger partial charge in [0, 0.05) is 27.1 Å². The summed E-state index contributed by atoms with van der Waals surface area (Å²) in [7, 11) is 0. The van der Waals surface area contributed by atoms with Gasteiger partial charge < -0.3 is 15.3 Å². The number of fused-ring (bicyclic) bond motifs is 1. The van der Waals surface area contributed by atoms with Gasteiger partial charge in [0.1, 0.15) is 16.2 Å². The number of carbonyl (C=O) groups is 3. The number of carbonyl (C=O) groups excluding carboxylic acids is 2. The molecule has 2 amide bonds. The molecule has 0 aliphatic carbocycles. The van der Waals surface area contributed by atoms with E-state index in [-0.39, 0.29) is 35.9 Å². The van der Waals surface area contributed by atoms with Gasteiger partial charge in [0.05, 0.1) is 11.4 Å². The van der Waals surface area contributed by atoms with Crippen LogP contribution in [0.1, 0.15) is 4.88 Å². The molecule has 0 bridgehead atoms. The Hall–Kier alpha value is -1.39. The predicted molar refractivity (Wildman–Crippen MR) is 121 cm³/mol. The van der Waals surface area contributed by atoms with Gasteiger partial charge in [-0.1, -0.05) is 29.3 Å². The molecule has 2 aromatic rings. The molecule has 1 aromatic heterocycles. The summed E-state index contributed by atoms with van der Waals surface area (Å²) < 4.78 is -1.25. The van der Waals surface area contributed by atoms with E-state index in [1.54, 1.807) is 18.2 Å². The molecule has 6 nitrogen and oxygen atoms in total. The number of carboxylic acids is 1. The van der Waals surface area contributed by atoms with Crippen LogP contribution in [-0.2, 0) is 20.8 Å². The number of thioether (sulfide) groups is 2. The van der Waals surface area contributed by atoms with E-state index in [9.17, 15) is 19.5 Å². The number of nitrogens with zero attached hydrogens (tertiary/aromatic N) is 1. The van der Waals surface area contributed by atoms with E-state index < -0.39 is 16.8 Å². The number of carboxylic acid groups (broad SMARTS) is 1. The average molecular weight is 503 g/mol. The lowest BCUT2D eigenvalue weighted by Gasteiger charge is -2.53. The third kappa shape index (κ3) is 4.18. The first-order chi connectivity index (χ1) is 14.3. The molecule has 2 aliphatic heterocycles. The highest BCUT2D eigenvalue weighted by molar-refractivity contribution is 8.05. The predicted octanol–water partition coefficient (Wildman–Crippen LogP) is 3.61. The number of halogens is 2. The van der Waals surface area contributed by atoms with Crippen LogP contribution >= 0.6 is 58.1 Å². The normalized spacial score (nSPS) is 25.4. The van der Waals surface area contributed by atoms with Crippen LogP contribution in [0.4, 0.5) is 0 Å². The van der Waals surface area contributed by atoms with Gasteiger partial charge >= 0.3 is 5.97 Å². The lowest BCUT2D eigenvalue weighted by atomic mass is 10.0. The number of amides is 2. The van der Waals surface area contributed by atoms with E-state index in [1.165, 1.54) is 28.0 Å². The van der Waals surface area contributed by atoms with E-state index in [0.29, 0.717) is 14.9 Å². The highest BCUT2D eigenvalue weighted by Crippen LogP contribution is 2.48. The summed E-state index contributed by atoms with van der Waals surface area (Å²) in [6.07, 6.45) is 0.223. The summed E-state index contributed by atoms with van der Waals surface area (Å²) in [5.74, 6) is -1.24. The molecule has 0 radical (unpaired) electrons. The molecule has 2 saturated heterocycles. The lowest BCUT2D eigenvalue weighted by Crippen LogP contribution is -2.74. The van der Waals surface area contributed by atoms with E-state index in [4.69, 9.17) is 23.2 Å². The molecular formula is C19H16Cl2N2O4S3. The Bertz CT molecular complexity index is 1000. The molecule has 11 heteroatoms. The van der Waals surface area contributed by atoms with Crippen molar-refractivity contribution in [1.29, 1.82) is 0 Å². The Kier molecular flexibility index (Phi) is 6.28. The van der Waals surface area contributed by atoms with E-state index in [2.05, 4.69) is 5.32 Å². The Morgan fingerprint density at radius 3 is 2.83 bits per heavy atom. The van der Waals surface area contributed by atoms with Crippen LogP contribution in [0, 0.1) is 0 Å². The number of hydrogen-bond donors (Lipinski definition) is 2. The van der Waals surface area contributed by atoms with Crippen LogP contribution in [0.3, 0.4) is 0 Å². The number of benzene rings is 1. The average Bonchev–Trinajstić information content (AvgIpc) is 3.21. The minimum absolute atomic E-state index is 0.0314. The zero-order chi connectivity index (χ0) is 21.5. The first kappa shape index (κ1) is 21.8. The van der Waals surface area contributed by atoms with Crippen LogP contribution in [0.5, 0.6) is 0 Å². The number of aliphatic carboxylic acids is 1. The zero-order valence-electron chi connectivity index (χ0n) is 15.3. The van der Waals surface area contributed by atoms with Crippen molar-refractivity contribution in [3.63, 3.8) is 0 Å². The van der Waals surface area contributed by atoms with E-state index in [1.807, 2.05) is 17.5 Å². The maximum atomic E-state index is 12.7. The number of thiophene rings is 1. The molecule has 30 heavy (non-hydrogen) atoms. The molecular weight excluding hydrogens is 487 g/mol. The topological polar surface area (TPSA) is 86.7 Å². The van der Waals surface area contributed by atoms with Crippen LogP contribution in [0.25, 0.3) is 0 Å². The standard InChI is InChI=1S/C19H16Cl2N2O4S3/c20-10-3-4-12(21)13(6-10)30-19(18(26)27)8-23-16(25)15(17(23)29-9-19)22-14(24)7-11-2-1-5-28-11/h1-6,15,17H,7-9H2,(H,22,24)(H,26,27)/t15-,17-,19?/m1/s1. The summed E-state index contributed by atoms with van der Waals surface area (Å²) in [4.78, 5) is 40.1. The second kappa shape index (κ2) is 8.63. The highest BCUT2D eigenvalue weighted by Gasteiger charge is 2.58. The molecule has 0 saturated carbocycles. The Labute approximate surface area is 195 Å². The number of hydrogen-bond acceptors (Lipinski definition) is 6. The maximum Gasteiger partial charge on any atom is 0.322 e. The molecule has 2 fully saturated rings. The van der Waals surface area contributed by atoms with E-state index >= 15 is 0 Å². The van der Waals surface area contributed by atoms with Crippen molar-refractivity contribution in [1.82, 2.24) is 10.2 Å². The van der Waals surface area contributed by atoms with Gasteiger partial charge in [0.25, 0.3) is 0 Å². The fourth-order valence-corrected chi connectivity index (χ4v) is 7.42. The van der Waals surface area contributed by atoms with Crippen molar-refractivity contribution in [2.45, 2.75) is 27.5 Å². The van der Waals surface area contributed by atoms with Crippen LogP contribution in [0.2, 0.25) is 10.0 Å². The molecule has 158 valence electrons. The molecule has 4 rings (SSSR count). The molecule has 2 N–H and O–H groups in total. The Balaban J connectivity index is 1.45. The van der Waals surface area contributed by atoms with Crippen molar-refractivity contribution < 1.29 is 19.5 Å². The molecule has 3 heterocycles. The summed E-state index contributed by atoms with van der Waals surface area (Å²) in [6.45, 7) is 0.0314. The van der Waals surface area contributed by atoms with Crippen molar-refractivity contribution in [3.8, 4) is 0 Å². The first-order valence-electron chi connectivity index (χ1n) is 8.90. The van der Waals surface area contributed by atoms with Crippen LogP contribution in [0.15, 0.2) is 40.6 Å². The summed E-state index contributed by atoms with van der Waals surface area (Å²) in [5.41, 5.74) is 0. The van der Waals surface area contributed by atoms with Crippen molar-refractivity contribution in [2.24, 2.45) is 0 Å². The molecule has 3 atom stereocenters. The largest absolute Gasteiger partial charge is 0.480 e. The number of rotatable bonds is 6. The summed E-state index contributed by atoms with van der Waals surface area (Å²) >= 11 is 16.2. The second-order valence-corrected chi connectivity index (χ2v) is 11.4. The monoisotopic (exact) mass is 502 g/mol. The highest BCUT2D eigenvalue weighted by atomic mass is 35.5. The lowest BCUT2D eigenvalue weighted by molar-refractivity contribution is -0.152. The second-order valence-electron chi connectivity index (χ2n) is 6.95. The molecule has 1 unspecified atom stereocenters. The van der Waals surface area contributed by atoms with Crippen molar-refractivity contribution >= 4 is 75.8 Å². The third-order valence-corrected chi connectivity index (χ3v) is 9.53. The molecule has 2 aliphatic rings. The van der Waals surface area contributed by atoms with Gasteiger partial charge in [0.15, 0.2) is 0 Å². The van der Waals surface area contributed by atoms with Gasteiger partial charge in [-0.2, -0.15) is 0 Å². The molecule has 0 spiro atoms. The smallest absolute Gasteiger partial charge is 0.322 e. The van der Waals surface area contributed by atoms with Gasteiger partial charge in [-0.15, -0.1) is 34.9 Å². The number of β-lactam (4-membered cyclic amide) rings is 1.